The minimum Gasteiger partial charge on any atom is -0.493 e. The van der Waals surface area contributed by atoms with Crippen molar-refractivity contribution in [3.05, 3.63) is 52.1 Å². The molecule has 21 heavy (non-hydrogen) atoms. The topological polar surface area (TPSA) is 72.3 Å². The molecule has 110 valence electrons. The average Bonchev–Trinajstić information content (AvgIpc) is 2.44. The fourth-order valence-corrected chi connectivity index (χ4v) is 1.91. The summed E-state index contributed by atoms with van der Waals surface area (Å²) in [6.07, 6.45) is 1.70. The zero-order chi connectivity index (χ0) is 15.4. The van der Waals surface area contributed by atoms with Crippen LogP contribution in [0.5, 0.6) is 5.75 Å². The van der Waals surface area contributed by atoms with E-state index in [2.05, 4.69) is 9.97 Å². The van der Waals surface area contributed by atoms with Crippen molar-refractivity contribution in [2.75, 3.05) is 6.61 Å². The molecule has 1 N–H and O–H groups in total. The number of aromatic carboxylic acids is 1. The molecular weight excluding hydrogens is 292 g/mol. The second-order valence-electron chi connectivity index (χ2n) is 4.63. The summed E-state index contributed by atoms with van der Waals surface area (Å²) >= 11 is 5.72. The lowest BCUT2D eigenvalue weighted by Crippen LogP contribution is -2.09. The number of hydrogen-bond donors (Lipinski definition) is 1. The van der Waals surface area contributed by atoms with Crippen LogP contribution in [0.15, 0.2) is 24.4 Å². The van der Waals surface area contributed by atoms with Crippen LogP contribution in [0.4, 0.5) is 0 Å². The van der Waals surface area contributed by atoms with Crippen LogP contribution in [0.1, 0.15) is 27.4 Å². The Bertz CT molecular complexity index is 674. The highest BCUT2D eigenvalue weighted by atomic mass is 35.5. The fourth-order valence-electron chi connectivity index (χ4n) is 1.74. The third-order valence-corrected chi connectivity index (χ3v) is 3.35. The molecule has 0 aliphatic carbocycles. The monoisotopic (exact) mass is 306 g/mol. The molecule has 0 fully saturated rings. The van der Waals surface area contributed by atoms with Crippen molar-refractivity contribution in [1.29, 1.82) is 0 Å². The SMILES string of the molecule is Cc1ccc(OCCc2ncc(Cl)c(C(=O)O)n2)cc1C. The smallest absolute Gasteiger partial charge is 0.356 e. The first-order valence-electron chi connectivity index (χ1n) is 6.42. The van der Waals surface area contributed by atoms with Gasteiger partial charge < -0.3 is 9.84 Å². The first-order chi connectivity index (χ1) is 9.97. The van der Waals surface area contributed by atoms with Crippen LogP contribution in [0, 0.1) is 13.8 Å². The number of benzene rings is 1. The van der Waals surface area contributed by atoms with Gasteiger partial charge in [-0.25, -0.2) is 14.8 Å². The van der Waals surface area contributed by atoms with E-state index in [-0.39, 0.29) is 10.7 Å². The molecule has 6 heteroatoms. The highest BCUT2D eigenvalue weighted by Gasteiger charge is 2.12. The number of ether oxygens (including phenoxy) is 1. The first-order valence-corrected chi connectivity index (χ1v) is 6.80. The summed E-state index contributed by atoms with van der Waals surface area (Å²) in [5, 5.41) is 8.97. The molecule has 0 amide bonds. The summed E-state index contributed by atoms with van der Waals surface area (Å²) in [7, 11) is 0. The lowest BCUT2D eigenvalue weighted by molar-refractivity contribution is 0.0690. The summed E-state index contributed by atoms with van der Waals surface area (Å²) in [5.74, 6) is -0.00937. The van der Waals surface area contributed by atoms with Crippen LogP contribution < -0.4 is 4.74 Å². The van der Waals surface area contributed by atoms with Crippen LogP contribution in [0.25, 0.3) is 0 Å². The van der Waals surface area contributed by atoms with Crippen LogP contribution in [-0.4, -0.2) is 27.7 Å². The molecule has 2 rings (SSSR count). The van der Waals surface area contributed by atoms with Gasteiger partial charge >= 0.3 is 5.97 Å². The Labute approximate surface area is 127 Å². The van der Waals surface area contributed by atoms with Crippen LogP contribution in [0.2, 0.25) is 5.02 Å². The number of carboxylic acids is 1. The van der Waals surface area contributed by atoms with Gasteiger partial charge in [0.1, 0.15) is 11.6 Å². The normalized spacial score (nSPS) is 10.4. The Morgan fingerprint density at radius 2 is 2.10 bits per heavy atom. The molecule has 0 radical (unpaired) electrons. The second-order valence-corrected chi connectivity index (χ2v) is 5.04. The standard InChI is InChI=1S/C15H15ClN2O3/c1-9-3-4-11(7-10(9)2)21-6-5-13-17-8-12(16)14(18-13)15(19)20/h3-4,7-8H,5-6H2,1-2H3,(H,19,20). The number of hydrogen-bond acceptors (Lipinski definition) is 4. The van der Waals surface area contributed by atoms with Gasteiger partial charge in [-0.1, -0.05) is 17.7 Å². The zero-order valence-corrected chi connectivity index (χ0v) is 12.5. The van der Waals surface area contributed by atoms with Crippen molar-refractivity contribution in [2.45, 2.75) is 20.3 Å². The minimum absolute atomic E-state index is 0.0290. The van der Waals surface area contributed by atoms with E-state index in [0.29, 0.717) is 18.9 Å². The predicted octanol–water partition coefficient (Wildman–Crippen LogP) is 3.07. The average molecular weight is 307 g/mol. The Morgan fingerprint density at radius 1 is 1.33 bits per heavy atom. The van der Waals surface area contributed by atoms with Gasteiger partial charge in [0.2, 0.25) is 0 Å². The van der Waals surface area contributed by atoms with Crippen LogP contribution in [0.3, 0.4) is 0 Å². The number of carboxylic acid groups (broad SMARTS) is 1. The number of rotatable bonds is 5. The lowest BCUT2D eigenvalue weighted by atomic mass is 10.1. The highest BCUT2D eigenvalue weighted by molar-refractivity contribution is 6.33. The third-order valence-electron chi connectivity index (χ3n) is 3.07. The maximum atomic E-state index is 10.9. The largest absolute Gasteiger partial charge is 0.493 e. The molecule has 1 heterocycles. The molecule has 0 saturated heterocycles. The lowest BCUT2D eigenvalue weighted by Gasteiger charge is -2.08. The van der Waals surface area contributed by atoms with Gasteiger partial charge in [-0.05, 0) is 37.1 Å². The number of halogens is 1. The number of carbonyl (C=O) groups is 1. The molecule has 0 aliphatic rings. The molecule has 0 aliphatic heterocycles. The zero-order valence-electron chi connectivity index (χ0n) is 11.8. The Balaban J connectivity index is 1.98. The van der Waals surface area contributed by atoms with Crippen LogP contribution >= 0.6 is 11.6 Å². The van der Waals surface area contributed by atoms with E-state index in [1.54, 1.807) is 0 Å². The van der Waals surface area contributed by atoms with Crippen molar-refractivity contribution >= 4 is 17.6 Å². The van der Waals surface area contributed by atoms with E-state index in [1.165, 1.54) is 11.8 Å². The minimum atomic E-state index is -1.17. The van der Waals surface area contributed by atoms with Crippen molar-refractivity contribution in [3.63, 3.8) is 0 Å². The van der Waals surface area contributed by atoms with Gasteiger partial charge in [-0.15, -0.1) is 0 Å². The van der Waals surface area contributed by atoms with Gasteiger partial charge in [-0.2, -0.15) is 0 Å². The van der Waals surface area contributed by atoms with Crippen molar-refractivity contribution in [2.24, 2.45) is 0 Å². The Morgan fingerprint density at radius 3 is 2.76 bits per heavy atom. The highest BCUT2D eigenvalue weighted by Crippen LogP contribution is 2.17. The molecule has 0 bridgehead atoms. The fraction of sp³-hybridized carbons (Fsp3) is 0.267. The summed E-state index contributed by atoms with van der Waals surface area (Å²) in [4.78, 5) is 18.8. The quantitative estimate of drug-likeness (QED) is 0.919. The molecule has 1 aromatic carbocycles. The number of aromatic nitrogens is 2. The van der Waals surface area contributed by atoms with E-state index >= 15 is 0 Å². The van der Waals surface area contributed by atoms with Gasteiger partial charge in [0.05, 0.1) is 17.8 Å². The van der Waals surface area contributed by atoms with Crippen molar-refractivity contribution < 1.29 is 14.6 Å². The summed E-state index contributed by atoms with van der Waals surface area (Å²) in [5.41, 5.74) is 2.17. The van der Waals surface area contributed by atoms with Crippen molar-refractivity contribution in [3.8, 4) is 5.75 Å². The van der Waals surface area contributed by atoms with Gasteiger partial charge in [0.15, 0.2) is 5.69 Å². The van der Waals surface area contributed by atoms with Gasteiger partial charge in [-0.3, -0.25) is 0 Å². The second kappa shape index (κ2) is 6.54. The molecule has 2 aromatic rings. The van der Waals surface area contributed by atoms with E-state index < -0.39 is 5.97 Å². The van der Waals surface area contributed by atoms with Gasteiger partial charge in [0, 0.05) is 6.42 Å². The molecule has 0 atom stereocenters. The molecule has 1 aromatic heterocycles. The number of nitrogens with zero attached hydrogens (tertiary/aromatic N) is 2. The maximum Gasteiger partial charge on any atom is 0.356 e. The summed E-state index contributed by atoms with van der Waals surface area (Å²) in [6.45, 7) is 4.42. The Hall–Kier alpha value is -2.14. The molecule has 5 nitrogen and oxygen atoms in total. The summed E-state index contributed by atoms with van der Waals surface area (Å²) < 4.78 is 5.62. The maximum absolute atomic E-state index is 10.9. The van der Waals surface area contributed by atoms with E-state index in [4.69, 9.17) is 21.4 Å². The third kappa shape index (κ3) is 3.92. The van der Waals surface area contributed by atoms with E-state index in [0.717, 1.165) is 11.3 Å². The van der Waals surface area contributed by atoms with E-state index in [9.17, 15) is 4.79 Å². The molecule has 0 saturated carbocycles. The molecular formula is C15H15ClN2O3. The molecule has 0 spiro atoms. The number of aryl methyl sites for hydroxylation is 2. The Kier molecular flexibility index (Phi) is 4.75. The predicted molar refractivity (Wildman–Crippen MR) is 79.1 cm³/mol. The summed E-state index contributed by atoms with van der Waals surface area (Å²) in [6, 6.07) is 5.85. The first kappa shape index (κ1) is 15.3. The van der Waals surface area contributed by atoms with E-state index in [1.807, 2.05) is 32.0 Å². The molecule has 0 unspecified atom stereocenters. The van der Waals surface area contributed by atoms with Crippen molar-refractivity contribution in [1.82, 2.24) is 9.97 Å². The van der Waals surface area contributed by atoms with Gasteiger partial charge in [0.25, 0.3) is 0 Å². The van der Waals surface area contributed by atoms with Crippen LogP contribution in [-0.2, 0) is 6.42 Å².